The minimum atomic E-state index is -0.914. The summed E-state index contributed by atoms with van der Waals surface area (Å²) in [6.07, 6.45) is -0.366. The monoisotopic (exact) mass is 440 g/mol. The van der Waals surface area contributed by atoms with Gasteiger partial charge in [-0.05, 0) is 59.0 Å². The zero-order chi connectivity index (χ0) is 22.2. The number of aliphatic carboxylic acids is 1. The van der Waals surface area contributed by atoms with Crippen LogP contribution in [0.25, 0.3) is 0 Å². The molecule has 1 heterocycles. The second kappa shape index (κ2) is 10.6. The molecule has 1 N–H and O–H groups in total. The molecule has 1 atom stereocenters. The van der Waals surface area contributed by atoms with E-state index in [0.29, 0.717) is 12.4 Å². The van der Waals surface area contributed by atoms with Crippen LogP contribution in [0.15, 0.2) is 59.3 Å². The number of hydrogen-bond donors (Lipinski definition) is 1. The molecule has 0 bridgehead atoms. The Morgan fingerprint density at radius 2 is 1.94 bits per heavy atom. The smallest absolute Gasteiger partial charge is 0.341 e. The Balaban J connectivity index is 1.91. The van der Waals surface area contributed by atoms with Gasteiger partial charge in [0, 0.05) is 12.5 Å². The number of carboxylic acid groups (broad SMARTS) is 1. The Kier molecular flexibility index (Phi) is 7.67. The molecule has 0 saturated carbocycles. The number of thiophene rings is 1. The number of carbonyl (C=O) groups excluding carboxylic acids is 1. The van der Waals surface area contributed by atoms with Crippen LogP contribution in [0.4, 0.5) is 0 Å². The van der Waals surface area contributed by atoms with Crippen LogP contribution < -0.4 is 9.47 Å². The second-order valence-electron chi connectivity index (χ2n) is 6.97. The van der Waals surface area contributed by atoms with Gasteiger partial charge in [-0.25, -0.2) is 4.79 Å². The van der Waals surface area contributed by atoms with E-state index in [0.717, 1.165) is 16.7 Å². The van der Waals surface area contributed by atoms with Crippen LogP contribution in [0.2, 0.25) is 0 Å². The van der Waals surface area contributed by atoms with Crippen molar-refractivity contribution >= 4 is 23.3 Å². The van der Waals surface area contributed by atoms with Gasteiger partial charge in [0.05, 0.1) is 7.11 Å². The number of benzene rings is 2. The maximum absolute atomic E-state index is 12.3. The number of esters is 1. The largest absolute Gasteiger partial charge is 0.489 e. The van der Waals surface area contributed by atoms with Crippen molar-refractivity contribution in [1.29, 1.82) is 0 Å². The fourth-order valence-electron chi connectivity index (χ4n) is 3.14. The highest BCUT2D eigenvalue weighted by molar-refractivity contribution is 7.07. The lowest BCUT2D eigenvalue weighted by atomic mass is 9.99. The minimum Gasteiger partial charge on any atom is -0.489 e. The zero-order valence-corrected chi connectivity index (χ0v) is 18.2. The van der Waals surface area contributed by atoms with E-state index in [2.05, 4.69) is 0 Å². The molecule has 0 spiro atoms. The van der Waals surface area contributed by atoms with E-state index in [9.17, 15) is 14.7 Å². The number of carbonyl (C=O) groups is 2. The van der Waals surface area contributed by atoms with Crippen molar-refractivity contribution in [2.45, 2.75) is 32.5 Å². The molecule has 7 heteroatoms. The first kappa shape index (κ1) is 22.4. The van der Waals surface area contributed by atoms with Gasteiger partial charge in [0.25, 0.3) is 0 Å². The average Bonchev–Trinajstić information content (AvgIpc) is 3.29. The van der Waals surface area contributed by atoms with E-state index in [1.165, 1.54) is 7.11 Å². The van der Waals surface area contributed by atoms with Crippen molar-refractivity contribution in [3.63, 3.8) is 0 Å². The van der Waals surface area contributed by atoms with E-state index in [-0.39, 0.29) is 24.2 Å². The van der Waals surface area contributed by atoms with E-state index in [4.69, 9.17) is 14.2 Å². The third-order valence-electron chi connectivity index (χ3n) is 4.77. The van der Waals surface area contributed by atoms with Gasteiger partial charge in [-0.2, -0.15) is 11.3 Å². The van der Waals surface area contributed by atoms with Gasteiger partial charge < -0.3 is 19.3 Å². The summed E-state index contributed by atoms with van der Waals surface area (Å²) in [5.41, 5.74) is 3.13. The Morgan fingerprint density at radius 1 is 1.13 bits per heavy atom. The van der Waals surface area contributed by atoms with E-state index < -0.39 is 18.0 Å². The number of methoxy groups -OCH3 is 1. The summed E-state index contributed by atoms with van der Waals surface area (Å²) in [6, 6.07) is 14.5. The quantitative estimate of drug-likeness (QED) is 0.425. The van der Waals surface area contributed by atoms with Crippen molar-refractivity contribution in [2.75, 3.05) is 7.11 Å². The summed E-state index contributed by atoms with van der Waals surface area (Å²) in [7, 11) is 1.30. The SMILES string of the molecule is COC(=O)c1ccc(OCc2ccsc2)cc1OC(CCC(=O)O)c1ccccc1C. The van der Waals surface area contributed by atoms with Gasteiger partial charge in [0.15, 0.2) is 0 Å². The molecule has 1 unspecified atom stereocenters. The highest BCUT2D eigenvalue weighted by Gasteiger charge is 2.22. The molecule has 0 radical (unpaired) electrons. The summed E-state index contributed by atoms with van der Waals surface area (Å²) in [5, 5.41) is 13.2. The summed E-state index contributed by atoms with van der Waals surface area (Å²) in [6.45, 7) is 2.33. The van der Waals surface area contributed by atoms with Gasteiger partial charge in [-0.3, -0.25) is 4.79 Å². The fourth-order valence-corrected chi connectivity index (χ4v) is 3.80. The Morgan fingerprint density at radius 3 is 2.61 bits per heavy atom. The summed E-state index contributed by atoms with van der Waals surface area (Å²) in [5.74, 6) is -0.631. The number of hydrogen-bond acceptors (Lipinski definition) is 6. The number of carboxylic acids is 1. The molecular weight excluding hydrogens is 416 g/mol. The lowest BCUT2D eigenvalue weighted by molar-refractivity contribution is -0.137. The predicted molar refractivity (Wildman–Crippen MR) is 118 cm³/mol. The van der Waals surface area contributed by atoms with Crippen LogP contribution in [-0.4, -0.2) is 24.2 Å². The maximum Gasteiger partial charge on any atom is 0.341 e. The van der Waals surface area contributed by atoms with Crippen molar-refractivity contribution < 1.29 is 28.9 Å². The number of aryl methyl sites for hydroxylation is 1. The van der Waals surface area contributed by atoms with E-state index in [1.807, 2.05) is 48.0 Å². The third kappa shape index (κ3) is 6.08. The van der Waals surface area contributed by atoms with Gasteiger partial charge in [0.2, 0.25) is 0 Å². The summed E-state index contributed by atoms with van der Waals surface area (Å²) in [4.78, 5) is 23.5. The zero-order valence-electron chi connectivity index (χ0n) is 17.4. The average molecular weight is 441 g/mol. The van der Waals surface area contributed by atoms with Crippen LogP contribution in [0, 0.1) is 6.92 Å². The van der Waals surface area contributed by atoms with Crippen LogP contribution in [-0.2, 0) is 16.1 Å². The predicted octanol–water partition coefficient (Wildman–Crippen LogP) is 5.41. The van der Waals surface area contributed by atoms with E-state index >= 15 is 0 Å². The van der Waals surface area contributed by atoms with E-state index in [1.54, 1.807) is 29.5 Å². The van der Waals surface area contributed by atoms with Crippen molar-refractivity contribution in [1.82, 2.24) is 0 Å². The van der Waals surface area contributed by atoms with Crippen LogP contribution >= 0.6 is 11.3 Å². The number of ether oxygens (including phenoxy) is 3. The lowest BCUT2D eigenvalue weighted by Gasteiger charge is -2.22. The molecular formula is C24H24O6S. The molecule has 3 aromatic rings. The Hall–Kier alpha value is -3.32. The molecule has 31 heavy (non-hydrogen) atoms. The molecule has 0 saturated heterocycles. The molecule has 0 aliphatic heterocycles. The summed E-state index contributed by atoms with van der Waals surface area (Å²) >= 11 is 1.59. The standard InChI is InChI=1S/C24H24O6S/c1-16-5-3-4-6-19(16)21(9-10-23(25)26)30-22-13-18(7-8-20(22)24(27)28-2)29-14-17-11-12-31-15-17/h3-8,11-13,15,21H,9-10,14H2,1-2H3,(H,25,26). The van der Waals surface area contributed by atoms with Crippen molar-refractivity contribution in [3.8, 4) is 11.5 Å². The summed E-state index contributed by atoms with van der Waals surface area (Å²) < 4.78 is 17.0. The molecule has 3 rings (SSSR count). The topological polar surface area (TPSA) is 82.1 Å². The van der Waals surface area contributed by atoms with Gasteiger partial charge >= 0.3 is 11.9 Å². The molecule has 0 fully saturated rings. The molecule has 2 aromatic carbocycles. The van der Waals surface area contributed by atoms with Gasteiger partial charge in [0.1, 0.15) is 29.8 Å². The second-order valence-corrected chi connectivity index (χ2v) is 7.75. The molecule has 1 aromatic heterocycles. The van der Waals surface area contributed by atoms with Crippen LogP contribution in [0.3, 0.4) is 0 Å². The highest BCUT2D eigenvalue weighted by atomic mass is 32.1. The first-order chi connectivity index (χ1) is 15.0. The van der Waals surface area contributed by atoms with Crippen LogP contribution in [0.5, 0.6) is 11.5 Å². The molecule has 0 aliphatic carbocycles. The van der Waals surface area contributed by atoms with Gasteiger partial charge in [-0.1, -0.05) is 24.3 Å². The number of rotatable bonds is 10. The van der Waals surface area contributed by atoms with Crippen LogP contribution in [0.1, 0.15) is 46.0 Å². The fraction of sp³-hybridized carbons (Fsp3) is 0.250. The van der Waals surface area contributed by atoms with Crippen molar-refractivity contribution in [3.05, 3.63) is 81.5 Å². The Bertz CT molecular complexity index is 1030. The Labute approximate surface area is 185 Å². The first-order valence-corrected chi connectivity index (χ1v) is 10.7. The maximum atomic E-state index is 12.3. The minimum absolute atomic E-state index is 0.0685. The normalized spacial score (nSPS) is 11.5. The molecule has 162 valence electrons. The van der Waals surface area contributed by atoms with Gasteiger partial charge in [-0.15, -0.1) is 0 Å². The highest BCUT2D eigenvalue weighted by Crippen LogP contribution is 2.33. The molecule has 0 aliphatic rings. The molecule has 0 amide bonds. The first-order valence-electron chi connectivity index (χ1n) is 9.78. The third-order valence-corrected chi connectivity index (χ3v) is 5.50. The lowest BCUT2D eigenvalue weighted by Crippen LogP contribution is -2.14. The molecule has 6 nitrogen and oxygen atoms in total. The van der Waals surface area contributed by atoms with Crippen molar-refractivity contribution in [2.24, 2.45) is 0 Å².